The highest BCUT2D eigenvalue weighted by molar-refractivity contribution is 8.07. The van der Waals surface area contributed by atoms with Gasteiger partial charge in [-0.2, -0.15) is 4.98 Å². The highest BCUT2D eigenvalue weighted by atomic mass is 32.5. The van der Waals surface area contributed by atoms with Gasteiger partial charge in [0.1, 0.15) is 35.4 Å². The highest BCUT2D eigenvalue weighted by Crippen LogP contribution is 2.54. The van der Waals surface area contributed by atoms with Crippen molar-refractivity contribution in [3.63, 3.8) is 0 Å². The van der Waals surface area contributed by atoms with E-state index in [1.807, 2.05) is 0 Å². The summed E-state index contributed by atoms with van der Waals surface area (Å²) in [4.78, 5) is 41.7. The lowest BCUT2D eigenvalue weighted by Crippen LogP contribution is -2.33. The zero-order valence-electron chi connectivity index (χ0n) is 21.2. The number of hydrogen-bond acceptors (Lipinski definition) is 14. The van der Waals surface area contributed by atoms with E-state index in [1.165, 1.54) is 34.1 Å². The van der Waals surface area contributed by atoms with Gasteiger partial charge in [0.25, 0.3) is 5.56 Å². The number of halogens is 2. The second-order valence-corrected chi connectivity index (χ2v) is 13.7. The third kappa shape index (κ3) is 5.05. The molecule has 0 bridgehead atoms. The number of aliphatic hydroxyl groups is 2. The van der Waals surface area contributed by atoms with Gasteiger partial charge in [0, 0.05) is 6.20 Å². The zero-order chi connectivity index (χ0) is 29.9. The highest BCUT2D eigenvalue weighted by Gasteiger charge is 2.50. The van der Waals surface area contributed by atoms with Crippen molar-refractivity contribution in [2.75, 3.05) is 24.7 Å². The molecule has 9 atom stereocenters. The predicted molar refractivity (Wildman–Crippen MR) is 149 cm³/mol. The minimum atomic E-state index is -4.27. The fourth-order valence-corrected chi connectivity index (χ4v) is 7.76. The Bertz CT molecular complexity index is 1740. The molecule has 2 aliphatic rings. The summed E-state index contributed by atoms with van der Waals surface area (Å²) in [6.07, 6.45) is -5.72. The first-order valence-electron chi connectivity index (χ1n) is 12.3. The number of ether oxygens (including phenoxy) is 1. The molecule has 0 saturated carbocycles. The molecule has 0 amide bonds. The van der Waals surface area contributed by atoms with E-state index >= 15 is 8.78 Å². The third-order valence-electron chi connectivity index (χ3n) is 6.89. The van der Waals surface area contributed by atoms with Crippen LogP contribution < -0.4 is 17.0 Å². The molecule has 16 nitrogen and oxygen atoms in total. The van der Waals surface area contributed by atoms with Gasteiger partial charge < -0.3 is 35.8 Å². The monoisotopic (exact) mass is 647 g/mol. The van der Waals surface area contributed by atoms with Crippen LogP contribution >= 0.6 is 18.5 Å². The molecule has 6 heterocycles. The molecule has 4 aromatic heterocycles. The largest absolute Gasteiger partial charge is 0.397 e. The number of rotatable bonds is 8. The second-order valence-electron chi connectivity index (χ2n) is 9.53. The maximum absolute atomic E-state index is 15.4. The summed E-state index contributed by atoms with van der Waals surface area (Å²) < 4.78 is 49.7. The van der Waals surface area contributed by atoms with Crippen LogP contribution in [0.15, 0.2) is 29.7 Å². The number of thioether (sulfide) groups is 1. The number of aliphatic hydroxyl groups excluding tert-OH is 2. The Balaban J connectivity index is 1.19. The zero-order valence-corrected chi connectivity index (χ0v) is 23.7. The average molecular weight is 648 g/mol. The number of nitrogens with one attached hydrogen (secondary N) is 1. The summed E-state index contributed by atoms with van der Waals surface area (Å²) >= 11 is 6.06. The molecule has 21 heteroatoms. The Morgan fingerprint density at radius 1 is 1.17 bits per heavy atom. The molecule has 4 aromatic rings. The van der Waals surface area contributed by atoms with E-state index < -0.39 is 73.0 Å². The lowest BCUT2D eigenvalue weighted by atomic mass is 10.1. The van der Waals surface area contributed by atoms with Gasteiger partial charge in [0.2, 0.25) is 5.95 Å². The number of imidazole rings is 2. The van der Waals surface area contributed by atoms with Crippen molar-refractivity contribution in [2.24, 2.45) is 0 Å². The fourth-order valence-electron chi connectivity index (χ4n) is 4.86. The molecule has 2 fully saturated rings. The molecular weight excluding hydrogens is 623 g/mol. The topological polar surface area (TPSA) is 235 Å². The molecule has 1 unspecified atom stereocenters. The van der Waals surface area contributed by atoms with Crippen molar-refractivity contribution in [1.82, 2.24) is 34.1 Å². The van der Waals surface area contributed by atoms with Crippen LogP contribution in [0.25, 0.3) is 22.3 Å². The van der Waals surface area contributed by atoms with Crippen LogP contribution in [0.4, 0.5) is 20.4 Å². The van der Waals surface area contributed by atoms with Gasteiger partial charge in [-0.1, -0.05) is 0 Å². The van der Waals surface area contributed by atoms with Gasteiger partial charge in [-0.15, -0.1) is 11.8 Å². The molecule has 8 N–H and O–H groups in total. The Morgan fingerprint density at radius 2 is 1.90 bits per heavy atom. The van der Waals surface area contributed by atoms with Crippen molar-refractivity contribution in [2.45, 2.75) is 47.5 Å². The Labute approximate surface area is 243 Å². The van der Waals surface area contributed by atoms with Crippen molar-refractivity contribution < 1.29 is 37.7 Å². The number of nitrogens with two attached hydrogens (primary N) is 2. The van der Waals surface area contributed by atoms with Gasteiger partial charge >= 0.3 is 6.72 Å². The first-order valence-corrected chi connectivity index (χ1v) is 15.9. The molecule has 2 saturated heterocycles. The van der Waals surface area contributed by atoms with Crippen molar-refractivity contribution >= 4 is 64.3 Å². The number of aromatic amines is 1. The predicted octanol–water partition coefficient (Wildman–Crippen LogP) is -0.112. The van der Waals surface area contributed by atoms with Crippen molar-refractivity contribution in [3.05, 3.63) is 35.3 Å². The van der Waals surface area contributed by atoms with Crippen LogP contribution in [0.1, 0.15) is 11.6 Å². The van der Waals surface area contributed by atoms with E-state index in [-0.39, 0.29) is 22.8 Å². The van der Waals surface area contributed by atoms with Crippen LogP contribution in [0, 0.1) is 0 Å². The SMILES string of the molecule is Nc1nc2c(ncn2[C@@H]2S[C@H](CO)[C@H](F)[C@H]2OP(O)(=S)OC[C@H]2O[C@@H](n3cnc4c(N)ccnc43)[C@@H](F)[C@@H]2O)c(=O)[nH]1. The van der Waals surface area contributed by atoms with E-state index in [1.54, 1.807) is 0 Å². The van der Waals surface area contributed by atoms with Crippen molar-refractivity contribution in [1.29, 1.82) is 0 Å². The normalized spacial score (nSPS) is 31.3. The minimum Gasteiger partial charge on any atom is -0.397 e. The summed E-state index contributed by atoms with van der Waals surface area (Å²) in [6.45, 7) is -5.46. The second kappa shape index (κ2) is 11.0. The summed E-state index contributed by atoms with van der Waals surface area (Å²) in [7, 11) is 0. The molecule has 42 heavy (non-hydrogen) atoms. The molecule has 2 aliphatic heterocycles. The number of aromatic nitrogens is 7. The first-order chi connectivity index (χ1) is 20.0. The number of pyridine rings is 1. The summed E-state index contributed by atoms with van der Waals surface area (Å²) in [6, 6.07) is 1.53. The molecule has 226 valence electrons. The molecule has 0 aromatic carbocycles. The Kier molecular flexibility index (Phi) is 7.69. The van der Waals surface area contributed by atoms with E-state index in [9.17, 15) is 19.9 Å². The molecule has 0 spiro atoms. The Morgan fingerprint density at radius 3 is 2.67 bits per heavy atom. The lowest BCUT2D eigenvalue weighted by molar-refractivity contribution is -0.0461. The van der Waals surface area contributed by atoms with Gasteiger partial charge in [-0.25, -0.2) is 23.7 Å². The van der Waals surface area contributed by atoms with Gasteiger partial charge in [-0.05, 0) is 17.9 Å². The first kappa shape index (κ1) is 29.3. The molecule has 0 aliphatic carbocycles. The van der Waals surface area contributed by atoms with Crippen LogP contribution in [0.5, 0.6) is 0 Å². The van der Waals surface area contributed by atoms with Crippen LogP contribution in [-0.4, -0.2) is 98.3 Å². The molecular formula is C21H24F2N9O7PS2. The number of nitrogen functional groups attached to an aromatic ring is 2. The third-order valence-corrected chi connectivity index (χ3v) is 9.98. The number of H-pyrrole nitrogens is 1. The summed E-state index contributed by atoms with van der Waals surface area (Å²) in [5.74, 6) is -0.205. The number of anilines is 2. The maximum Gasteiger partial charge on any atom is 0.325 e. The minimum absolute atomic E-state index is 0.0195. The van der Waals surface area contributed by atoms with Gasteiger partial charge in [0.05, 0.1) is 36.8 Å². The summed E-state index contributed by atoms with van der Waals surface area (Å²) in [5.41, 5.74) is 11.7. The van der Waals surface area contributed by atoms with Crippen LogP contribution in [0.3, 0.4) is 0 Å². The number of fused-ring (bicyclic) bond motifs is 2. The smallest absolute Gasteiger partial charge is 0.325 e. The lowest BCUT2D eigenvalue weighted by Gasteiger charge is -2.27. The molecule has 6 rings (SSSR count). The van der Waals surface area contributed by atoms with Crippen LogP contribution in [0.2, 0.25) is 0 Å². The van der Waals surface area contributed by atoms with E-state index in [0.29, 0.717) is 11.2 Å². The average Bonchev–Trinajstić information content (AvgIpc) is 3.69. The number of nitrogens with zero attached hydrogens (tertiary/aromatic N) is 6. The standard InChI is InChI=1S/C21H24F2N9O7PS2/c22-10-9(3-33)42-20(32-6-28-13-17(32)29-21(25)30-18(13)35)15(10)39-40(36,41)37-4-8-14(34)11(23)19(38-8)31-5-27-12-7(24)1-2-26-16(12)31/h1-2,5-6,8-11,14-15,19-20,33-34H,3-4H2,(H2,24,26)(H,36,41)(H3,25,29,30,35)/t8-,9-,10+,11+,14-,15-,19-,20-,40?/m1/s1. The van der Waals surface area contributed by atoms with E-state index in [4.69, 9.17) is 37.1 Å². The molecule has 0 radical (unpaired) electrons. The van der Waals surface area contributed by atoms with Crippen molar-refractivity contribution in [3.8, 4) is 0 Å². The van der Waals surface area contributed by atoms with Crippen LogP contribution in [-0.2, 0) is 25.6 Å². The Hall–Kier alpha value is -2.81. The number of alkyl halides is 2. The van der Waals surface area contributed by atoms with E-state index in [2.05, 4.69) is 24.9 Å². The van der Waals surface area contributed by atoms with Gasteiger partial charge in [-0.3, -0.25) is 23.4 Å². The quantitative estimate of drug-likeness (QED) is 0.137. The fraction of sp³-hybridized carbons (Fsp3) is 0.476. The maximum atomic E-state index is 15.4. The van der Waals surface area contributed by atoms with Gasteiger partial charge in [0.15, 0.2) is 29.2 Å². The van der Waals surface area contributed by atoms with E-state index in [0.717, 1.165) is 11.8 Å². The number of hydrogen-bond donors (Lipinski definition) is 6. The summed E-state index contributed by atoms with van der Waals surface area (Å²) in [5, 5.41) is 18.2.